The lowest BCUT2D eigenvalue weighted by Gasteiger charge is -2.25. The summed E-state index contributed by atoms with van der Waals surface area (Å²) in [5.41, 5.74) is 3.72. The van der Waals surface area contributed by atoms with Gasteiger partial charge in [-0.15, -0.1) is 11.3 Å². The number of ether oxygens (including phenoxy) is 2. The van der Waals surface area contributed by atoms with Crippen LogP contribution in [0.25, 0.3) is 22.2 Å². The molecule has 0 radical (unpaired) electrons. The van der Waals surface area contributed by atoms with Gasteiger partial charge in [-0.3, -0.25) is 4.90 Å². The number of methoxy groups -OCH3 is 1. The summed E-state index contributed by atoms with van der Waals surface area (Å²) in [5, 5.41) is 7.05. The van der Waals surface area contributed by atoms with Gasteiger partial charge in [-0.25, -0.2) is 27.8 Å². The van der Waals surface area contributed by atoms with Crippen molar-refractivity contribution in [3.05, 3.63) is 117 Å². The van der Waals surface area contributed by atoms with Crippen LogP contribution in [0.5, 0.6) is 11.5 Å². The standard InChI is InChI=1S/C37H35BrFN5O4S2/c1-4-33(44(2)15-16-50(45,46)27-11-6-5-7-12-27)37-43-32(22-49-37)28-19-29-31(20-35(28)47-3)40-23-41-36(29)42-26-13-14-34(30(38)18-26)48-21-24-9-8-10-25(39)17-24/h5-14,17-20,22-23,33H,4,15-16,21H2,1-3H3,(H,40,41,42). The van der Waals surface area contributed by atoms with Crippen LogP contribution in [0.2, 0.25) is 0 Å². The molecule has 258 valence electrons. The van der Waals surface area contributed by atoms with E-state index < -0.39 is 9.84 Å². The highest BCUT2D eigenvalue weighted by Crippen LogP contribution is 2.39. The van der Waals surface area contributed by atoms with Crippen LogP contribution in [0.15, 0.2) is 106 Å². The Hall–Kier alpha value is -4.43. The lowest BCUT2D eigenvalue weighted by Crippen LogP contribution is -2.29. The van der Waals surface area contributed by atoms with Crippen LogP contribution < -0.4 is 14.8 Å². The molecule has 4 aromatic carbocycles. The predicted octanol–water partition coefficient (Wildman–Crippen LogP) is 8.84. The number of benzene rings is 4. The molecule has 0 aliphatic carbocycles. The van der Waals surface area contributed by atoms with E-state index in [4.69, 9.17) is 14.5 Å². The monoisotopic (exact) mass is 775 g/mol. The highest BCUT2D eigenvalue weighted by atomic mass is 79.9. The largest absolute Gasteiger partial charge is 0.496 e. The first kappa shape index (κ1) is 35.4. The van der Waals surface area contributed by atoms with E-state index in [0.29, 0.717) is 34.3 Å². The average molecular weight is 777 g/mol. The Kier molecular flexibility index (Phi) is 11.1. The summed E-state index contributed by atoms with van der Waals surface area (Å²) in [5.74, 6) is 1.54. The first-order valence-corrected chi connectivity index (χ1v) is 19.2. The van der Waals surface area contributed by atoms with Crippen molar-refractivity contribution in [3.63, 3.8) is 0 Å². The third-order valence-electron chi connectivity index (χ3n) is 8.25. The number of sulfone groups is 1. The summed E-state index contributed by atoms with van der Waals surface area (Å²) in [6.45, 7) is 2.67. The lowest BCUT2D eigenvalue weighted by molar-refractivity contribution is 0.251. The number of rotatable bonds is 14. The van der Waals surface area contributed by atoms with Gasteiger partial charge in [0.25, 0.3) is 0 Å². The minimum absolute atomic E-state index is 0.0117. The Bertz CT molecular complexity index is 2220. The Morgan fingerprint density at radius 1 is 1.00 bits per heavy atom. The van der Waals surface area contributed by atoms with Gasteiger partial charge in [-0.2, -0.15) is 0 Å². The predicted molar refractivity (Wildman–Crippen MR) is 200 cm³/mol. The van der Waals surface area contributed by atoms with Crippen LogP contribution in [0.4, 0.5) is 15.9 Å². The molecule has 1 N–H and O–H groups in total. The van der Waals surface area contributed by atoms with Gasteiger partial charge in [0.15, 0.2) is 9.84 Å². The number of thiazole rings is 1. The molecule has 1 atom stereocenters. The number of hydrogen-bond acceptors (Lipinski definition) is 10. The Labute approximate surface area is 303 Å². The number of aromatic nitrogens is 3. The van der Waals surface area contributed by atoms with Gasteiger partial charge in [0.1, 0.15) is 41.1 Å². The molecule has 2 aromatic heterocycles. The van der Waals surface area contributed by atoms with E-state index >= 15 is 0 Å². The molecular formula is C37H35BrFN5O4S2. The Balaban J connectivity index is 1.21. The van der Waals surface area contributed by atoms with Crippen molar-refractivity contribution < 1.29 is 22.3 Å². The number of hydrogen-bond donors (Lipinski definition) is 1. The van der Waals surface area contributed by atoms with Gasteiger partial charge in [0.05, 0.1) is 39.5 Å². The summed E-state index contributed by atoms with van der Waals surface area (Å²) in [6.07, 6.45) is 2.26. The maximum atomic E-state index is 13.6. The molecule has 2 heterocycles. The fourth-order valence-corrected chi connectivity index (χ4v) is 8.47. The summed E-state index contributed by atoms with van der Waals surface area (Å²) in [7, 11) is 0.142. The summed E-state index contributed by atoms with van der Waals surface area (Å²) in [4.78, 5) is 16.4. The topological polar surface area (TPSA) is 107 Å². The van der Waals surface area contributed by atoms with E-state index in [-0.39, 0.29) is 24.2 Å². The third kappa shape index (κ3) is 8.13. The zero-order valence-corrected chi connectivity index (χ0v) is 30.9. The van der Waals surface area contributed by atoms with Crippen LogP contribution >= 0.6 is 27.3 Å². The zero-order valence-electron chi connectivity index (χ0n) is 27.6. The van der Waals surface area contributed by atoms with Gasteiger partial charge in [-0.05, 0) is 83.5 Å². The first-order chi connectivity index (χ1) is 24.1. The second-order valence-corrected chi connectivity index (χ2v) is 15.4. The average Bonchev–Trinajstić information content (AvgIpc) is 3.60. The second kappa shape index (κ2) is 15.6. The fourth-order valence-electron chi connectivity index (χ4n) is 5.58. The second-order valence-electron chi connectivity index (χ2n) is 11.6. The molecule has 6 rings (SSSR count). The van der Waals surface area contributed by atoms with Gasteiger partial charge >= 0.3 is 0 Å². The summed E-state index contributed by atoms with van der Waals surface area (Å²) >= 11 is 5.12. The van der Waals surface area contributed by atoms with Gasteiger partial charge < -0.3 is 14.8 Å². The van der Waals surface area contributed by atoms with Crippen molar-refractivity contribution in [2.45, 2.75) is 30.9 Å². The SMILES string of the molecule is CCC(c1nc(-c2cc3c(Nc4ccc(OCc5cccc(F)c5)c(Br)c4)ncnc3cc2OC)cs1)N(C)CCS(=O)(=O)c1ccccc1. The van der Waals surface area contributed by atoms with Gasteiger partial charge in [0.2, 0.25) is 0 Å². The molecule has 0 spiro atoms. The van der Waals surface area contributed by atoms with E-state index in [2.05, 4.69) is 38.1 Å². The molecule has 6 aromatic rings. The molecule has 9 nitrogen and oxygen atoms in total. The molecule has 0 aliphatic heterocycles. The number of nitrogens with one attached hydrogen (secondary N) is 1. The van der Waals surface area contributed by atoms with Crippen molar-refractivity contribution >= 4 is 59.5 Å². The molecule has 0 fully saturated rings. The molecule has 0 bridgehead atoms. The van der Waals surface area contributed by atoms with Crippen LogP contribution in [-0.4, -0.2) is 54.7 Å². The summed E-state index contributed by atoms with van der Waals surface area (Å²) in [6, 6.07) is 24.2. The van der Waals surface area contributed by atoms with E-state index in [1.54, 1.807) is 43.5 Å². The number of halogens is 2. The smallest absolute Gasteiger partial charge is 0.179 e. The van der Waals surface area contributed by atoms with E-state index in [1.807, 2.05) is 53.7 Å². The van der Waals surface area contributed by atoms with Crippen molar-refractivity contribution in [1.82, 2.24) is 19.9 Å². The van der Waals surface area contributed by atoms with Crippen LogP contribution in [0.1, 0.15) is 30.0 Å². The lowest BCUT2D eigenvalue weighted by atomic mass is 10.1. The van der Waals surface area contributed by atoms with Crippen LogP contribution in [0.3, 0.4) is 0 Å². The van der Waals surface area contributed by atoms with Crippen molar-refractivity contribution in [1.29, 1.82) is 0 Å². The van der Waals surface area contributed by atoms with Gasteiger partial charge in [-0.1, -0.05) is 37.3 Å². The number of fused-ring (bicyclic) bond motifs is 1. The third-order valence-corrected chi connectivity index (χ3v) is 11.5. The molecule has 50 heavy (non-hydrogen) atoms. The Morgan fingerprint density at radius 3 is 2.56 bits per heavy atom. The summed E-state index contributed by atoms with van der Waals surface area (Å²) < 4.78 is 51.8. The van der Waals surface area contributed by atoms with E-state index in [0.717, 1.165) is 43.8 Å². The van der Waals surface area contributed by atoms with Crippen molar-refractivity contribution in [2.75, 3.05) is 31.8 Å². The first-order valence-electron chi connectivity index (χ1n) is 15.9. The van der Waals surface area contributed by atoms with Crippen molar-refractivity contribution in [2.24, 2.45) is 0 Å². The molecule has 0 aliphatic rings. The molecule has 0 saturated carbocycles. The molecular weight excluding hydrogens is 741 g/mol. The molecule has 0 saturated heterocycles. The minimum Gasteiger partial charge on any atom is -0.496 e. The fraction of sp³-hybridized carbons (Fsp3) is 0.216. The minimum atomic E-state index is -3.41. The highest BCUT2D eigenvalue weighted by molar-refractivity contribution is 9.10. The molecule has 1 unspecified atom stereocenters. The number of anilines is 2. The molecule has 13 heteroatoms. The molecule has 0 amide bonds. The maximum Gasteiger partial charge on any atom is 0.179 e. The highest BCUT2D eigenvalue weighted by Gasteiger charge is 2.23. The van der Waals surface area contributed by atoms with Gasteiger partial charge in [0, 0.05) is 34.6 Å². The quantitative estimate of drug-likeness (QED) is 0.116. The number of nitrogens with zero attached hydrogens (tertiary/aromatic N) is 4. The maximum absolute atomic E-state index is 13.6. The van der Waals surface area contributed by atoms with Crippen LogP contribution in [0, 0.1) is 5.82 Å². The Morgan fingerprint density at radius 2 is 1.82 bits per heavy atom. The van der Waals surface area contributed by atoms with Crippen molar-refractivity contribution in [3.8, 4) is 22.8 Å². The normalized spacial score (nSPS) is 12.3. The zero-order chi connectivity index (χ0) is 35.3. The van der Waals surface area contributed by atoms with Crippen LogP contribution in [-0.2, 0) is 16.4 Å². The van der Waals surface area contributed by atoms with E-state index in [1.165, 1.54) is 29.8 Å². The van der Waals surface area contributed by atoms with E-state index in [9.17, 15) is 12.8 Å².